The molecule has 0 radical (unpaired) electrons. The monoisotopic (exact) mass is 238 g/mol. The summed E-state index contributed by atoms with van der Waals surface area (Å²) < 4.78 is 5.38. The summed E-state index contributed by atoms with van der Waals surface area (Å²) in [6.07, 6.45) is 0. The Morgan fingerprint density at radius 2 is 2.18 bits per heavy atom. The van der Waals surface area contributed by atoms with Gasteiger partial charge >= 0.3 is 0 Å². The second-order valence-electron chi connectivity index (χ2n) is 4.43. The summed E-state index contributed by atoms with van der Waals surface area (Å²) in [7, 11) is 1.53. The molecule has 1 aromatic carbocycles. The highest BCUT2D eigenvalue weighted by atomic mass is 16.5. The minimum absolute atomic E-state index is 0.143. The van der Waals surface area contributed by atoms with E-state index in [9.17, 15) is 9.90 Å². The number of hydrogen-bond acceptors (Lipinski definition) is 4. The van der Waals surface area contributed by atoms with Crippen LogP contribution in [0.2, 0.25) is 0 Å². The van der Waals surface area contributed by atoms with E-state index in [4.69, 9.17) is 10.5 Å². The molecule has 0 fully saturated rings. The number of carbonyl (C=O) groups excluding carboxylic acids is 1. The molecule has 5 nitrogen and oxygen atoms in total. The van der Waals surface area contributed by atoms with Crippen LogP contribution >= 0.6 is 0 Å². The lowest BCUT2D eigenvalue weighted by molar-refractivity contribution is 0.0285. The Labute approximate surface area is 101 Å². The number of ether oxygens (including phenoxy) is 1. The van der Waals surface area contributed by atoms with Gasteiger partial charge in [-0.15, -0.1) is 0 Å². The maximum atomic E-state index is 11.5. The van der Waals surface area contributed by atoms with Crippen LogP contribution in [0.1, 0.15) is 24.2 Å². The molecule has 1 aromatic rings. The second kappa shape index (κ2) is 5.05. The van der Waals surface area contributed by atoms with Crippen molar-refractivity contribution in [3.05, 3.63) is 23.8 Å². The topological polar surface area (TPSA) is 84.6 Å². The van der Waals surface area contributed by atoms with Crippen LogP contribution in [0.5, 0.6) is 5.75 Å². The molecule has 0 aliphatic heterocycles. The number of rotatable bonds is 4. The molecule has 0 aliphatic rings. The third-order valence-electron chi connectivity index (χ3n) is 2.09. The van der Waals surface area contributed by atoms with Crippen LogP contribution in [-0.2, 0) is 0 Å². The first-order chi connectivity index (χ1) is 7.83. The van der Waals surface area contributed by atoms with Crippen LogP contribution in [0.4, 0.5) is 5.69 Å². The van der Waals surface area contributed by atoms with E-state index in [0.29, 0.717) is 17.0 Å². The number of benzene rings is 1. The third-order valence-corrected chi connectivity index (χ3v) is 2.09. The van der Waals surface area contributed by atoms with Crippen molar-refractivity contribution in [2.75, 3.05) is 19.4 Å². The number of nitrogens with one attached hydrogen (secondary N) is 1. The molecule has 0 saturated heterocycles. The van der Waals surface area contributed by atoms with Crippen molar-refractivity contribution < 1.29 is 14.6 Å². The zero-order chi connectivity index (χ0) is 13.1. The molecule has 0 saturated carbocycles. The Morgan fingerprint density at radius 3 is 2.71 bits per heavy atom. The fourth-order valence-electron chi connectivity index (χ4n) is 1.22. The van der Waals surface area contributed by atoms with Gasteiger partial charge in [0.2, 0.25) is 0 Å². The van der Waals surface area contributed by atoms with E-state index in [-0.39, 0.29) is 12.5 Å². The van der Waals surface area contributed by atoms with Crippen LogP contribution in [0.3, 0.4) is 0 Å². The largest absolute Gasteiger partial charge is 0.491 e. The Morgan fingerprint density at radius 1 is 1.53 bits per heavy atom. The number of nitrogen functional groups attached to an aromatic ring is 1. The fraction of sp³-hybridized carbons (Fsp3) is 0.417. The lowest BCUT2D eigenvalue weighted by Crippen LogP contribution is -2.28. The summed E-state index contributed by atoms with van der Waals surface area (Å²) in [6.45, 7) is 3.43. The van der Waals surface area contributed by atoms with Crippen molar-refractivity contribution >= 4 is 11.6 Å². The van der Waals surface area contributed by atoms with Crippen molar-refractivity contribution in [1.82, 2.24) is 5.32 Å². The van der Waals surface area contributed by atoms with Crippen molar-refractivity contribution in [2.24, 2.45) is 0 Å². The molecule has 5 heteroatoms. The quantitative estimate of drug-likeness (QED) is 0.677. The van der Waals surface area contributed by atoms with Crippen molar-refractivity contribution in [3.63, 3.8) is 0 Å². The number of hydrogen-bond donors (Lipinski definition) is 3. The molecule has 1 amide bonds. The molecule has 0 unspecified atom stereocenters. The lowest BCUT2D eigenvalue weighted by Gasteiger charge is -2.18. The number of carbonyl (C=O) groups is 1. The summed E-state index contributed by atoms with van der Waals surface area (Å²) >= 11 is 0. The van der Waals surface area contributed by atoms with Crippen LogP contribution in [0, 0.1) is 0 Å². The average molecular weight is 238 g/mol. The van der Waals surface area contributed by atoms with E-state index < -0.39 is 5.60 Å². The molecule has 4 N–H and O–H groups in total. The summed E-state index contributed by atoms with van der Waals surface area (Å²) in [5.74, 6) is 0.233. The molecule has 0 bridgehead atoms. The number of nitrogens with two attached hydrogens (primary N) is 1. The van der Waals surface area contributed by atoms with Gasteiger partial charge in [0.05, 0.1) is 11.2 Å². The van der Waals surface area contributed by atoms with Gasteiger partial charge in [0, 0.05) is 12.7 Å². The van der Waals surface area contributed by atoms with Crippen LogP contribution in [0.25, 0.3) is 0 Å². The van der Waals surface area contributed by atoms with E-state index in [1.165, 1.54) is 7.05 Å². The SMILES string of the molecule is CNC(=O)c1cc(OCC(C)(C)O)ccc1N. The zero-order valence-electron chi connectivity index (χ0n) is 10.3. The van der Waals surface area contributed by atoms with E-state index in [2.05, 4.69) is 5.32 Å². The minimum atomic E-state index is -0.922. The van der Waals surface area contributed by atoms with Crippen LogP contribution in [-0.4, -0.2) is 30.3 Å². The molecule has 17 heavy (non-hydrogen) atoms. The molecule has 1 rings (SSSR count). The van der Waals surface area contributed by atoms with Gasteiger partial charge < -0.3 is 20.9 Å². The molecule has 0 spiro atoms. The van der Waals surface area contributed by atoms with Gasteiger partial charge in [-0.05, 0) is 32.0 Å². The maximum absolute atomic E-state index is 11.5. The molecule has 0 heterocycles. The zero-order valence-corrected chi connectivity index (χ0v) is 10.3. The van der Waals surface area contributed by atoms with Crippen molar-refractivity contribution in [2.45, 2.75) is 19.4 Å². The standard InChI is InChI=1S/C12H18N2O3/c1-12(2,16)7-17-8-4-5-10(13)9(6-8)11(15)14-3/h4-6,16H,7,13H2,1-3H3,(H,14,15). The van der Waals surface area contributed by atoms with Crippen LogP contribution < -0.4 is 15.8 Å². The minimum Gasteiger partial charge on any atom is -0.491 e. The summed E-state index contributed by atoms with van der Waals surface area (Å²) in [4.78, 5) is 11.5. The molecule has 94 valence electrons. The van der Waals surface area contributed by atoms with Gasteiger partial charge in [0.25, 0.3) is 5.91 Å². The summed E-state index contributed by atoms with van der Waals surface area (Å²) in [6, 6.07) is 4.82. The summed E-state index contributed by atoms with van der Waals surface area (Å²) in [5, 5.41) is 12.0. The molecule has 0 atom stereocenters. The number of amides is 1. The molecular weight excluding hydrogens is 220 g/mol. The second-order valence-corrected chi connectivity index (χ2v) is 4.43. The molecule has 0 aliphatic carbocycles. The fourth-order valence-corrected chi connectivity index (χ4v) is 1.22. The predicted octanol–water partition coefficient (Wildman–Crippen LogP) is 0.778. The molecule has 0 aromatic heterocycles. The highest BCUT2D eigenvalue weighted by Gasteiger charge is 2.14. The van der Waals surface area contributed by atoms with Gasteiger partial charge in [0.15, 0.2) is 0 Å². The highest BCUT2D eigenvalue weighted by molar-refractivity contribution is 5.99. The van der Waals surface area contributed by atoms with E-state index in [0.717, 1.165) is 0 Å². The molecular formula is C12H18N2O3. The van der Waals surface area contributed by atoms with Gasteiger partial charge in [-0.25, -0.2) is 0 Å². The highest BCUT2D eigenvalue weighted by Crippen LogP contribution is 2.20. The maximum Gasteiger partial charge on any atom is 0.253 e. The van der Waals surface area contributed by atoms with E-state index >= 15 is 0 Å². The van der Waals surface area contributed by atoms with Crippen LogP contribution in [0.15, 0.2) is 18.2 Å². The third kappa shape index (κ3) is 3.96. The number of aliphatic hydroxyl groups is 1. The smallest absolute Gasteiger partial charge is 0.253 e. The normalized spacial score (nSPS) is 11.1. The Kier molecular flexibility index (Phi) is 3.96. The number of anilines is 1. The van der Waals surface area contributed by atoms with E-state index in [1.807, 2.05) is 0 Å². The first-order valence-electron chi connectivity index (χ1n) is 5.30. The van der Waals surface area contributed by atoms with Gasteiger partial charge in [-0.3, -0.25) is 4.79 Å². The van der Waals surface area contributed by atoms with Gasteiger partial charge in [-0.1, -0.05) is 0 Å². The predicted molar refractivity (Wildman–Crippen MR) is 66.0 cm³/mol. The Hall–Kier alpha value is -1.75. The van der Waals surface area contributed by atoms with Gasteiger partial charge in [-0.2, -0.15) is 0 Å². The van der Waals surface area contributed by atoms with Crippen molar-refractivity contribution in [1.29, 1.82) is 0 Å². The first kappa shape index (κ1) is 13.3. The average Bonchev–Trinajstić information content (AvgIpc) is 2.26. The first-order valence-corrected chi connectivity index (χ1v) is 5.30. The van der Waals surface area contributed by atoms with E-state index in [1.54, 1.807) is 32.0 Å². The van der Waals surface area contributed by atoms with Crippen molar-refractivity contribution in [3.8, 4) is 5.75 Å². The summed E-state index contributed by atoms with van der Waals surface area (Å²) in [5.41, 5.74) is 5.51. The Bertz CT molecular complexity index is 411. The van der Waals surface area contributed by atoms with Gasteiger partial charge in [0.1, 0.15) is 12.4 Å². The lowest BCUT2D eigenvalue weighted by atomic mass is 10.1. The Balaban J connectivity index is 2.86.